The molecule has 1 unspecified atom stereocenters. The molecule has 1 atom stereocenters. The smallest absolute Gasteiger partial charge is 0.223 e. The lowest BCUT2D eigenvalue weighted by Crippen LogP contribution is -2.49. The van der Waals surface area contributed by atoms with Crippen LogP contribution >= 0.6 is 12.4 Å². The largest absolute Gasteiger partial charge is 0.492 e. The van der Waals surface area contributed by atoms with E-state index in [2.05, 4.69) is 30.5 Å². The van der Waals surface area contributed by atoms with Crippen LogP contribution in [0.5, 0.6) is 5.75 Å². The maximum absolute atomic E-state index is 11.9. The Morgan fingerprint density at radius 1 is 1.33 bits per heavy atom. The van der Waals surface area contributed by atoms with E-state index in [-0.39, 0.29) is 24.2 Å². The summed E-state index contributed by atoms with van der Waals surface area (Å²) >= 11 is 0. The summed E-state index contributed by atoms with van der Waals surface area (Å²) < 4.78 is 5.67. The van der Waals surface area contributed by atoms with Crippen molar-refractivity contribution in [3.05, 3.63) is 29.3 Å². The lowest BCUT2D eigenvalue weighted by molar-refractivity contribution is -0.126. The highest BCUT2D eigenvalue weighted by Gasteiger charge is 2.28. The van der Waals surface area contributed by atoms with Gasteiger partial charge in [-0.05, 0) is 56.1 Å². The van der Waals surface area contributed by atoms with E-state index in [1.807, 2.05) is 19.1 Å². The van der Waals surface area contributed by atoms with Crippen LogP contribution < -0.4 is 15.4 Å². The Hall–Kier alpha value is -1.26. The quantitative estimate of drug-likeness (QED) is 0.791. The minimum atomic E-state index is 0. The number of rotatable bonds is 6. The standard InChI is InChI=1S/C16H24N2O2.ClH/c1-11-6-12(2)8-15(7-11)20-5-4-18-16(19)13(3)14-9-17-10-14;/h6-8,13-14,17H,4-5,9-10H2,1-3H3,(H,18,19);1H. The molecule has 1 heterocycles. The van der Waals surface area contributed by atoms with E-state index >= 15 is 0 Å². The first-order valence-corrected chi connectivity index (χ1v) is 7.26. The molecular formula is C16H25ClN2O2. The van der Waals surface area contributed by atoms with E-state index < -0.39 is 0 Å². The van der Waals surface area contributed by atoms with Gasteiger partial charge in [-0.1, -0.05) is 13.0 Å². The Bertz CT molecular complexity index is 455. The van der Waals surface area contributed by atoms with Crippen molar-refractivity contribution in [2.75, 3.05) is 26.2 Å². The highest BCUT2D eigenvalue weighted by Crippen LogP contribution is 2.16. The molecule has 1 aromatic rings. The van der Waals surface area contributed by atoms with Crippen LogP contribution in [-0.2, 0) is 4.79 Å². The van der Waals surface area contributed by atoms with Gasteiger partial charge >= 0.3 is 0 Å². The van der Waals surface area contributed by atoms with Crippen molar-refractivity contribution < 1.29 is 9.53 Å². The molecule has 0 spiro atoms. The Kier molecular flexibility index (Phi) is 6.99. The number of hydrogen-bond donors (Lipinski definition) is 2. The summed E-state index contributed by atoms with van der Waals surface area (Å²) in [5.74, 6) is 1.56. The molecule has 0 aliphatic carbocycles. The van der Waals surface area contributed by atoms with Crippen LogP contribution in [0.4, 0.5) is 0 Å². The number of carbonyl (C=O) groups is 1. The van der Waals surface area contributed by atoms with E-state index in [0.717, 1.165) is 18.8 Å². The fourth-order valence-corrected chi connectivity index (χ4v) is 2.40. The average molecular weight is 313 g/mol. The number of carbonyl (C=O) groups excluding carboxylic acids is 1. The van der Waals surface area contributed by atoms with E-state index in [4.69, 9.17) is 4.74 Å². The van der Waals surface area contributed by atoms with Crippen LogP contribution in [0.3, 0.4) is 0 Å². The summed E-state index contributed by atoms with van der Waals surface area (Å²) in [6.07, 6.45) is 0. The predicted octanol–water partition coefficient (Wildman–Crippen LogP) is 2.08. The molecule has 21 heavy (non-hydrogen) atoms. The topological polar surface area (TPSA) is 50.4 Å². The summed E-state index contributed by atoms with van der Waals surface area (Å²) in [5.41, 5.74) is 2.38. The van der Waals surface area contributed by atoms with Gasteiger partial charge in [-0.25, -0.2) is 0 Å². The van der Waals surface area contributed by atoms with Crippen molar-refractivity contribution in [1.29, 1.82) is 0 Å². The number of amides is 1. The molecule has 5 heteroatoms. The highest BCUT2D eigenvalue weighted by atomic mass is 35.5. The number of ether oxygens (including phenoxy) is 1. The molecule has 0 radical (unpaired) electrons. The van der Waals surface area contributed by atoms with Gasteiger partial charge in [0.05, 0.1) is 6.54 Å². The Balaban J connectivity index is 0.00000220. The fourth-order valence-electron chi connectivity index (χ4n) is 2.40. The molecule has 2 N–H and O–H groups in total. The molecule has 1 fully saturated rings. The second-order valence-electron chi connectivity index (χ2n) is 5.67. The van der Waals surface area contributed by atoms with Crippen molar-refractivity contribution in [3.63, 3.8) is 0 Å². The predicted molar refractivity (Wildman–Crippen MR) is 87.2 cm³/mol. The van der Waals surface area contributed by atoms with Crippen molar-refractivity contribution in [1.82, 2.24) is 10.6 Å². The monoisotopic (exact) mass is 312 g/mol. The molecule has 1 amide bonds. The van der Waals surface area contributed by atoms with Gasteiger partial charge < -0.3 is 15.4 Å². The van der Waals surface area contributed by atoms with E-state index in [1.165, 1.54) is 11.1 Å². The van der Waals surface area contributed by atoms with E-state index in [9.17, 15) is 4.79 Å². The molecule has 118 valence electrons. The van der Waals surface area contributed by atoms with E-state index in [0.29, 0.717) is 19.1 Å². The molecule has 1 aliphatic heterocycles. The number of aryl methyl sites for hydroxylation is 2. The number of hydrogen-bond acceptors (Lipinski definition) is 3. The summed E-state index contributed by atoms with van der Waals surface area (Å²) in [6.45, 7) is 9.06. The van der Waals surface area contributed by atoms with Gasteiger partial charge in [-0.15, -0.1) is 12.4 Å². The normalized spacial score (nSPS) is 15.6. The second-order valence-corrected chi connectivity index (χ2v) is 5.67. The Labute approximate surface area is 133 Å². The zero-order valence-electron chi connectivity index (χ0n) is 12.9. The second kappa shape index (κ2) is 8.25. The van der Waals surface area contributed by atoms with Gasteiger partial charge in [-0.3, -0.25) is 4.79 Å². The van der Waals surface area contributed by atoms with Crippen LogP contribution in [0.15, 0.2) is 18.2 Å². The van der Waals surface area contributed by atoms with Gasteiger partial charge in [0.15, 0.2) is 0 Å². The Morgan fingerprint density at radius 2 is 1.95 bits per heavy atom. The third-order valence-corrected chi connectivity index (χ3v) is 3.80. The molecule has 1 aromatic carbocycles. The maximum atomic E-state index is 11.9. The minimum absolute atomic E-state index is 0. The zero-order chi connectivity index (χ0) is 14.5. The SMILES string of the molecule is Cc1cc(C)cc(OCCNC(=O)C(C)C2CNC2)c1.Cl. The van der Waals surface area contributed by atoms with Gasteiger partial charge in [0, 0.05) is 5.92 Å². The van der Waals surface area contributed by atoms with Crippen molar-refractivity contribution in [2.45, 2.75) is 20.8 Å². The lowest BCUT2D eigenvalue weighted by atomic mass is 9.88. The maximum Gasteiger partial charge on any atom is 0.223 e. The molecule has 2 rings (SSSR count). The summed E-state index contributed by atoms with van der Waals surface area (Å²) in [4.78, 5) is 11.9. The molecule has 1 saturated heterocycles. The lowest BCUT2D eigenvalue weighted by Gasteiger charge is -2.31. The summed E-state index contributed by atoms with van der Waals surface area (Å²) in [7, 11) is 0. The Morgan fingerprint density at radius 3 is 2.48 bits per heavy atom. The van der Waals surface area contributed by atoms with Crippen molar-refractivity contribution >= 4 is 18.3 Å². The van der Waals surface area contributed by atoms with Crippen molar-refractivity contribution in [3.8, 4) is 5.75 Å². The van der Waals surface area contributed by atoms with Crippen LogP contribution in [0.2, 0.25) is 0 Å². The van der Waals surface area contributed by atoms with Crippen molar-refractivity contribution in [2.24, 2.45) is 11.8 Å². The average Bonchev–Trinajstić information content (AvgIpc) is 2.31. The number of halogens is 1. The number of nitrogens with one attached hydrogen (secondary N) is 2. The molecule has 0 bridgehead atoms. The van der Waals surface area contributed by atoms with Crippen LogP contribution in [-0.4, -0.2) is 32.1 Å². The van der Waals surface area contributed by atoms with Crippen LogP contribution in [0.25, 0.3) is 0 Å². The summed E-state index contributed by atoms with van der Waals surface area (Å²) in [6, 6.07) is 6.14. The first kappa shape index (κ1) is 17.8. The first-order chi connectivity index (χ1) is 9.56. The molecule has 4 nitrogen and oxygen atoms in total. The first-order valence-electron chi connectivity index (χ1n) is 7.26. The molecular weight excluding hydrogens is 288 g/mol. The van der Waals surface area contributed by atoms with Crippen LogP contribution in [0.1, 0.15) is 18.1 Å². The third-order valence-electron chi connectivity index (χ3n) is 3.80. The van der Waals surface area contributed by atoms with Gasteiger partial charge in [0.1, 0.15) is 12.4 Å². The molecule has 0 saturated carbocycles. The van der Waals surface area contributed by atoms with Gasteiger partial charge in [0.2, 0.25) is 5.91 Å². The molecule has 1 aliphatic rings. The number of benzene rings is 1. The fraction of sp³-hybridized carbons (Fsp3) is 0.562. The van der Waals surface area contributed by atoms with Gasteiger partial charge in [-0.2, -0.15) is 0 Å². The zero-order valence-corrected chi connectivity index (χ0v) is 13.8. The molecule has 0 aromatic heterocycles. The van der Waals surface area contributed by atoms with E-state index in [1.54, 1.807) is 0 Å². The summed E-state index contributed by atoms with van der Waals surface area (Å²) in [5, 5.41) is 6.13. The highest BCUT2D eigenvalue weighted by molar-refractivity contribution is 5.85. The van der Waals surface area contributed by atoms with Crippen LogP contribution in [0, 0.1) is 25.7 Å². The van der Waals surface area contributed by atoms with Gasteiger partial charge in [0.25, 0.3) is 0 Å². The minimum Gasteiger partial charge on any atom is -0.492 e. The third kappa shape index (κ3) is 5.21.